The fraction of sp³-hybridized carbons (Fsp3) is 0.385. The standard InChI is InChI=1S/C13H19N3O3/c1-8(14)10-4-6-11(7-5-10)19-9(2)12(17)16-13(18)15-3/h4-9H,14H2,1-3H3,(H2,15,16,17,18)/t8-,9?/m0/s1. The molecule has 4 N–H and O–H groups in total. The van der Waals surface area contributed by atoms with Crippen molar-refractivity contribution in [2.45, 2.75) is 26.0 Å². The summed E-state index contributed by atoms with van der Waals surface area (Å²) in [5.74, 6) is 0.0413. The number of urea groups is 1. The van der Waals surface area contributed by atoms with Crippen molar-refractivity contribution in [1.29, 1.82) is 0 Å². The lowest BCUT2D eigenvalue weighted by Gasteiger charge is -2.14. The van der Waals surface area contributed by atoms with Crippen LogP contribution in [0.1, 0.15) is 25.5 Å². The van der Waals surface area contributed by atoms with Gasteiger partial charge in [-0.25, -0.2) is 4.79 Å². The molecule has 0 saturated carbocycles. The molecule has 0 bridgehead atoms. The van der Waals surface area contributed by atoms with E-state index in [1.807, 2.05) is 19.1 Å². The molecule has 6 heteroatoms. The number of benzene rings is 1. The molecule has 0 spiro atoms. The molecule has 0 aliphatic rings. The topological polar surface area (TPSA) is 93.5 Å². The Bertz CT molecular complexity index is 443. The molecule has 1 aromatic rings. The third kappa shape index (κ3) is 4.59. The fourth-order valence-corrected chi connectivity index (χ4v) is 1.38. The van der Waals surface area contributed by atoms with Crippen LogP contribution in [0.4, 0.5) is 4.79 Å². The Morgan fingerprint density at radius 3 is 2.26 bits per heavy atom. The van der Waals surface area contributed by atoms with Crippen molar-refractivity contribution in [2.75, 3.05) is 7.05 Å². The highest BCUT2D eigenvalue weighted by Gasteiger charge is 2.16. The van der Waals surface area contributed by atoms with Gasteiger partial charge in [0.15, 0.2) is 6.10 Å². The van der Waals surface area contributed by atoms with Crippen LogP contribution < -0.4 is 21.1 Å². The van der Waals surface area contributed by atoms with Crippen molar-refractivity contribution in [3.05, 3.63) is 29.8 Å². The first kappa shape index (κ1) is 15.0. The van der Waals surface area contributed by atoms with Crippen LogP contribution in [-0.2, 0) is 4.79 Å². The molecule has 0 heterocycles. The van der Waals surface area contributed by atoms with Crippen molar-refractivity contribution in [1.82, 2.24) is 10.6 Å². The Hall–Kier alpha value is -2.08. The van der Waals surface area contributed by atoms with Crippen LogP contribution in [0.3, 0.4) is 0 Å². The summed E-state index contributed by atoms with van der Waals surface area (Å²) in [4.78, 5) is 22.6. The number of ether oxygens (including phenoxy) is 1. The normalized spacial score (nSPS) is 13.3. The second-order valence-corrected chi connectivity index (χ2v) is 4.19. The van der Waals surface area contributed by atoms with Gasteiger partial charge in [0.05, 0.1) is 0 Å². The smallest absolute Gasteiger partial charge is 0.321 e. The summed E-state index contributed by atoms with van der Waals surface area (Å²) in [6.45, 7) is 3.45. The summed E-state index contributed by atoms with van der Waals surface area (Å²) in [6.07, 6.45) is -0.765. The highest BCUT2D eigenvalue weighted by atomic mass is 16.5. The van der Waals surface area contributed by atoms with Crippen molar-refractivity contribution < 1.29 is 14.3 Å². The van der Waals surface area contributed by atoms with Crippen LogP contribution in [-0.4, -0.2) is 25.1 Å². The molecule has 0 aliphatic carbocycles. The van der Waals surface area contributed by atoms with Gasteiger partial charge in [-0.05, 0) is 31.5 Å². The van der Waals surface area contributed by atoms with Gasteiger partial charge in [-0.2, -0.15) is 0 Å². The van der Waals surface area contributed by atoms with Crippen LogP contribution in [0.15, 0.2) is 24.3 Å². The van der Waals surface area contributed by atoms with Crippen LogP contribution in [0.5, 0.6) is 5.75 Å². The molecule has 1 unspecified atom stereocenters. The van der Waals surface area contributed by atoms with E-state index >= 15 is 0 Å². The molecule has 0 radical (unpaired) electrons. The third-order valence-electron chi connectivity index (χ3n) is 2.55. The molecule has 0 aromatic heterocycles. The Labute approximate surface area is 112 Å². The quantitative estimate of drug-likeness (QED) is 0.755. The molecule has 6 nitrogen and oxygen atoms in total. The summed E-state index contributed by atoms with van der Waals surface area (Å²) in [5.41, 5.74) is 6.72. The first-order chi connectivity index (χ1) is 8.93. The molecule has 2 atom stereocenters. The average molecular weight is 265 g/mol. The first-order valence-corrected chi connectivity index (χ1v) is 5.98. The minimum absolute atomic E-state index is 0.0528. The van der Waals surface area contributed by atoms with Gasteiger partial charge in [0.25, 0.3) is 5.91 Å². The van der Waals surface area contributed by atoms with E-state index in [1.165, 1.54) is 7.05 Å². The Balaban J connectivity index is 2.58. The number of nitrogens with two attached hydrogens (primary N) is 1. The maximum absolute atomic E-state index is 11.6. The zero-order chi connectivity index (χ0) is 14.4. The Kier molecular flexibility index (Phi) is 5.32. The van der Waals surface area contributed by atoms with Gasteiger partial charge in [-0.3, -0.25) is 10.1 Å². The number of rotatable bonds is 4. The van der Waals surface area contributed by atoms with E-state index in [9.17, 15) is 9.59 Å². The number of carbonyl (C=O) groups is 2. The highest BCUT2D eigenvalue weighted by molar-refractivity contribution is 5.96. The fourth-order valence-electron chi connectivity index (χ4n) is 1.38. The molecule has 0 aliphatic heterocycles. The summed E-state index contributed by atoms with van der Waals surface area (Å²) >= 11 is 0. The maximum Gasteiger partial charge on any atom is 0.321 e. The molecular weight excluding hydrogens is 246 g/mol. The summed E-state index contributed by atoms with van der Waals surface area (Å²) in [5, 5.41) is 4.44. The highest BCUT2D eigenvalue weighted by Crippen LogP contribution is 2.17. The summed E-state index contributed by atoms with van der Waals surface area (Å²) < 4.78 is 5.42. The number of imide groups is 1. The number of carbonyl (C=O) groups excluding carboxylic acids is 2. The van der Waals surface area contributed by atoms with Crippen LogP contribution in [0, 0.1) is 0 Å². The van der Waals surface area contributed by atoms with Gasteiger partial charge in [-0.15, -0.1) is 0 Å². The summed E-state index contributed by atoms with van der Waals surface area (Å²) in [7, 11) is 1.43. The third-order valence-corrected chi connectivity index (χ3v) is 2.55. The van der Waals surface area contributed by atoms with E-state index < -0.39 is 18.0 Å². The predicted molar refractivity (Wildman–Crippen MR) is 71.7 cm³/mol. The molecule has 104 valence electrons. The van der Waals surface area contributed by atoms with Gasteiger partial charge in [0, 0.05) is 13.1 Å². The van der Waals surface area contributed by atoms with Crippen LogP contribution in [0.25, 0.3) is 0 Å². The molecule has 1 rings (SSSR count). The minimum atomic E-state index is -0.765. The predicted octanol–water partition coefficient (Wildman–Crippen LogP) is 0.929. The van der Waals surface area contributed by atoms with Crippen LogP contribution >= 0.6 is 0 Å². The van der Waals surface area contributed by atoms with E-state index in [0.29, 0.717) is 5.75 Å². The second-order valence-electron chi connectivity index (χ2n) is 4.19. The molecular formula is C13H19N3O3. The Morgan fingerprint density at radius 1 is 1.21 bits per heavy atom. The monoisotopic (exact) mass is 265 g/mol. The Morgan fingerprint density at radius 2 is 1.79 bits per heavy atom. The van der Waals surface area contributed by atoms with E-state index in [4.69, 9.17) is 10.5 Å². The summed E-state index contributed by atoms with van der Waals surface area (Å²) in [6, 6.07) is 6.54. The van der Waals surface area contributed by atoms with Crippen molar-refractivity contribution in [3.8, 4) is 5.75 Å². The lowest BCUT2D eigenvalue weighted by Crippen LogP contribution is -2.43. The lowest BCUT2D eigenvalue weighted by atomic mass is 10.1. The van der Waals surface area contributed by atoms with Gasteiger partial charge < -0.3 is 15.8 Å². The van der Waals surface area contributed by atoms with E-state index in [0.717, 1.165) is 5.56 Å². The first-order valence-electron chi connectivity index (χ1n) is 5.98. The second kappa shape index (κ2) is 6.75. The van der Waals surface area contributed by atoms with E-state index in [-0.39, 0.29) is 6.04 Å². The molecule has 19 heavy (non-hydrogen) atoms. The molecule has 0 fully saturated rings. The molecule has 0 saturated heterocycles. The number of amides is 3. The van der Waals surface area contributed by atoms with E-state index in [1.54, 1.807) is 19.1 Å². The zero-order valence-electron chi connectivity index (χ0n) is 11.3. The van der Waals surface area contributed by atoms with E-state index in [2.05, 4.69) is 10.6 Å². The lowest BCUT2D eigenvalue weighted by molar-refractivity contribution is -0.126. The average Bonchev–Trinajstić information content (AvgIpc) is 2.38. The number of hydrogen-bond acceptors (Lipinski definition) is 4. The van der Waals surface area contributed by atoms with Gasteiger partial charge >= 0.3 is 6.03 Å². The molecule has 3 amide bonds. The van der Waals surface area contributed by atoms with Crippen LogP contribution in [0.2, 0.25) is 0 Å². The van der Waals surface area contributed by atoms with Crippen molar-refractivity contribution in [3.63, 3.8) is 0 Å². The minimum Gasteiger partial charge on any atom is -0.481 e. The number of nitrogens with one attached hydrogen (secondary N) is 2. The van der Waals surface area contributed by atoms with Crippen molar-refractivity contribution >= 4 is 11.9 Å². The largest absolute Gasteiger partial charge is 0.481 e. The van der Waals surface area contributed by atoms with Gasteiger partial charge in [0.2, 0.25) is 0 Å². The van der Waals surface area contributed by atoms with Gasteiger partial charge in [0.1, 0.15) is 5.75 Å². The maximum atomic E-state index is 11.6. The number of hydrogen-bond donors (Lipinski definition) is 3. The van der Waals surface area contributed by atoms with Crippen molar-refractivity contribution in [2.24, 2.45) is 5.73 Å². The SMILES string of the molecule is CNC(=O)NC(=O)C(C)Oc1ccc([C@H](C)N)cc1. The molecule has 1 aromatic carbocycles. The zero-order valence-corrected chi connectivity index (χ0v) is 11.3. The van der Waals surface area contributed by atoms with Gasteiger partial charge in [-0.1, -0.05) is 12.1 Å².